The van der Waals surface area contributed by atoms with E-state index in [-0.39, 0.29) is 0 Å². The molecule has 13 heavy (non-hydrogen) atoms. The van der Waals surface area contributed by atoms with Crippen LogP contribution in [0.5, 0.6) is 0 Å². The van der Waals surface area contributed by atoms with Crippen molar-refractivity contribution in [1.29, 1.82) is 0 Å². The molecule has 1 aliphatic heterocycles. The molecule has 1 heterocycles. The van der Waals surface area contributed by atoms with E-state index in [0.717, 1.165) is 17.9 Å². The second-order valence-electron chi connectivity index (χ2n) is 3.53. The molecule has 1 aromatic rings. The molecule has 68 valence electrons. The van der Waals surface area contributed by atoms with Crippen molar-refractivity contribution in [1.82, 2.24) is 0 Å². The average molecular weight is 192 g/mol. The van der Waals surface area contributed by atoms with E-state index in [1.165, 1.54) is 5.56 Å². The SMILES string of the molecule is Cc1cccc(P2(=O)C=CCC2)c1. The van der Waals surface area contributed by atoms with Crippen LogP contribution in [0.4, 0.5) is 0 Å². The van der Waals surface area contributed by atoms with Crippen LogP contribution in [0.15, 0.2) is 36.2 Å². The van der Waals surface area contributed by atoms with Crippen molar-refractivity contribution in [3.05, 3.63) is 41.7 Å². The van der Waals surface area contributed by atoms with Crippen molar-refractivity contribution in [2.75, 3.05) is 6.16 Å². The Hall–Kier alpha value is -0.810. The van der Waals surface area contributed by atoms with Gasteiger partial charge in [0.15, 0.2) is 0 Å². The number of hydrogen-bond donors (Lipinski definition) is 0. The summed E-state index contributed by atoms with van der Waals surface area (Å²) in [5.41, 5.74) is 1.19. The highest BCUT2D eigenvalue weighted by Gasteiger charge is 2.23. The van der Waals surface area contributed by atoms with Gasteiger partial charge in [0.1, 0.15) is 7.14 Å². The summed E-state index contributed by atoms with van der Waals surface area (Å²) in [6.45, 7) is 2.04. The first-order valence-corrected chi connectivity index (χ1v) is 6.50. The van der Waals surface area contributed by atoms with Crippen LogP contribution in [-0.4, -0.2) is 6.16 Å². The fraction of sp³-hybridized carbons (Fsp3) is 0.273. The molecule has 0 spiro atoms. The minimum absolute atomic E-state index is 0.816. The van der Waals surface area contributed by atoms with Gasteiger partial charge in [-0.15, -0.1) is 0 Å². The minimum atomic E-state index is -2.13. The van der Waals surface area contributed by atoms with Crippen molar-refractivity contribution in [2.45, 2.75) is 13.3 Å². The Balaban J connectivity index is 2.46. The first-order valence-electron chi connectivity index (χ1n) is 4.54. The minimum Gasteiger partial charge on any atom is -0.314 e. The van der Waals surface area contributed by atoms with Crippen molar-refractivity contribution >= 4 is 12.4 Å². The van der Waals surface area contributed by atoms with E-state index in [9.17, 15) is 4.57 Å². The van der Waals surface area contributed by atoms with Gasteiger partial charge in [-0.25, -0.2) is 0 Å². The van der Waals surface area contributed by atoms with Gasteiger partial charge in [-0.1, -0.05) is 29.8 Å². The van der Waals surface area contributed by atoms with E-state index < -0.39 is 7.14 Å². The lowest BCUT2D eigenvalue weighted by Gasteiger charge is -2.09. The van der Waals surface area contributed by atoms with E-state index in [0.29, 0.717) is 0 Å². The van der Waals surface area contributed by atoms with E-state index in [1.54, 1.807) is 0 Å². The Labute approximate surface area is 78.9 Å². The number of allylic oxidation sites excluding steroid dienone is 1. The van der Waals surface area contributed by atoms with E-state index in [1.807, 2.05) is 43.1 Å². The van der Waals surface area contributed by atoms with E-state index in [4.69, 9.17) is 0 Å². The number of rotatable bonds is 1. The molecule has 0 aliphatic carbocycles. The summed E-state index contributed by atoms with van der Waals surface area (Å²) in [6, 6.07) is 8.03. The lowest BCUT2D eigenvalue weighted by atomic mass is 10.2. The number of benzene rings is 1. The molecule has 1 nitrogen and oxygen atoms in total. The number of hydrogen-bond acceptors (Lipinski definition) is 1. The Morgan fingerprint density at radius 1 is 1.38 bits per heavy atom. The van der Waals surface area contributed by atoms with Gasteiger partial charge < -0.3 is 4.57 Å². The predicted octanol–water partition coefficient (Wildman–Crippen LogP) is 2.90. The summed E-state index contributed by atoms with van der Waals surface area (Å²) >= 11 is 0. The van der Waals surface area contributed by atoms with Crippen LogP contribution in [0.2, 0.25) is 0 Å². The van der Waals surface area contributed by atoms with Gasteiger partial charge in [0.25, 0.3) is 0 Å². The van der Waals surface area contributed by atoms with Crippen molar-refractivity contribution in [3.8, 4) is 0 Å². The van der Waals surface area contributed by atoms with Crippen LogP contribution >= 0.6 is 7.14 Å². The molecule has 0 bridgehead atoms. The summed E-state index contributed by atoms with van der Waals surface area (Å²) in [5.74, 6) is 1.90. The number of aryl methyl sites for hydroxylation is 1. The molecule has 1 aromatic carbocycles. The topological polar surface area (TPSA) is 17.1 Å². The standard InChI is InChI=1S/C11H13OP/c1-10-5-4-6-11(9-10)13(12)7-2-3-8-13/h2,4-7,9H,3,8H2,1H3. The van der Waals surface area contributed by atoms with Gasteiger partial charge in [-0.2, -0.15) is 0 Å². The Bertz CT molecular complexity index is 393. The molecule has 0 fully saturated rings. The van der Waals surface area contributed by atoms with Gasteiger partial charge in [0.2, 0.25) is 0 Å². The quantitative estimate of drug-likeness (QED) is 0.625. The summed E-state index contributed by atoms with van der Waals surface area (Å²) in [7, 11) is -2.13. The maximum Gasteiger partial charge on any atom is 0.136 e. The predicted molar refractivity (Wildman–Crippen MR) is 57.0 cm³/mol. The molecule has 0 N–H and O–H groups in total. The van der Waals surface area contributed by atoms with Crippen molar-refractivity contribution < 1.29 is 4.57 Å². The molecule has 0 aromatic heterocycles. The molecule has 0 saturated carbocycles. The van der Waals surface area contributed by atoms with Crippen LogP contribution in [0.25, 0.3) is 0 Å². The summed E-state index contributed by atoms with van der Waals surface area (Å²) in [5, 5.41) is 1.02. The fourth-order valence-corrected chi connectivity index (χ4v) is 4.03. The second kappa shape index (κ2) is 3.16. The Morgan fingerprint density at radius 2 is 2.23 bits per heavy atom. The van der Waals surface area contributed by atoms with Crippen molar-refractivity contribution in [2.24, 2.45) is 0 Å². The summed E-state index contributed by atoms with van der Waals surface area (Å²) < 4.78 is 12.3. The molecule has 1 unspecified atom stereocenters. The molecule has 2 heteroatoms. The third kappa shape index (κ3) is 1.62. The van der Waals surface area contributed by atoms with Crippen molar-refractivity contribution in [3.63, 3.8) is 0 Å². The monoisotopic (exact) mass is 192 g/mol. The van der Waals surface area contributed by atoms with E-state index in [2.05, 4.69) is 0 Å². The van der Waals surface area contributed by atoms with Crippen LogP contribution in [0.3, 0.4) is 0 Å². The molecule has 0 radical (unpaired) electrons. The zero-order valence-corrected chi connectivity index (χ0v) is 8.63. The zero-order chi connectivity index (χ0) is 9.31. The highest BCUT2D eigenvalue weighted by atomic mass is 31.2. The largest absolute Gasteiger partial charge is 0.314 e. The first kappa shape index (κ1) is 8.77. The first-order chi connectivity index (χ1) is 6.21. The Kier molecular flexibility index (Phi) is 2.13. The van der Waals surface area contributed by atoms with Crippen LogP contribution in [0, 0.1) is 6.92 Å². The lowest BCUT2D eigenvalue weighted by Crippen LogP contribution is -2.03. The van der Waals surface area contributed by atoms with Gasteiger partial charge >= 0.3 is 0 Å². The summed E-state index contributed by atoms with van der Waals surface area (Å²) in [4.78, 5) is 0. The fourth-order valence-electron chi connectivity index (χ4n) is 1.66. The van der Waals surface area contributed by atoms with Crippen LogP contribution in [0.1, 0.15) is 12.0 Å². The van der Waals surface area contributed by atoms with Gasteiger partial charge in [-0.05, 0) is 25.2 Å². The highest BCUT2D eigenvalue weighted by Crippen LogP contribution is 2.50. The molecular weight excluding hydrogens is 179 g/mol. The van der Waals surface area contributed by atoms with Gasteiger partial charge in [0, 0.05) is 11.5 Å². The smallest absolute Gasteiger partial charge is 0.136 e. The molecule has 0 amide bonds. The van der Waals surface area contributed by atoms with Crippen LogP contribution in [-0.2, 0) is 4.57 Å². The highest BCUT2D eigenvalue weighted by molar-refractivity contribution is 7.74. The van der Waals surface area contributed by atoms with Gasteiger partial charge in [-0.3, -0.25) is 0 Å². The van der Waals surface area contributed by atoms with Gasteiger partial charge in [0.05, 0.1) is 0 Å². The molecule has 2 rings (SSSR count). The normalized spacial score (nSPS) is 26.5. The Morgan fingerprint density at radius 3 is 2.85 bits per heavy atom. The molecular formula is C11H13OP. The molecule has 1 aliphatic rings. The third-order valence-electron chi connectivity index (χ3n) is 2.41. The van der Waals surface area contributed by atoms with Crippen LogP contribution < -0.4 is 5.30 Å². The lowest BCUT2D eigenvalue weighted by molar-refractivity contribution is 0.587. The molecule has 0 saturated heterocycles. The summed E-state index contributed by atoms with van der Waals surface area (Å²) in [6.07, 6.45) is 3.81. The average Bonchev–Trinajstić information content (AvgIpc) is 2.54. The molecule has 1 atom stereocenters. The second-order valence-corrected chi connectivity index (χ2v) is 6.38. The van der Waals surface area contributed by atoms with E-state index >= 15 is 0 Å². The zero-order valence-electron chi connectivity index (χ0n) is 7.73. The maximum atomic E-state index is 12.3. The maximum absolute atomic E-state index is 12.3. The third-order valence-corrected chi connectivity index (χ3v) is 5.18.